The first-order chi connectivity index (χ1) is 15.9. The molecule has 1 aliphatic heterocycles. The van der Waals surface area contributed by atoms with Gasteiger partial charge in [0.1, 0.15) is 5.75 Å². The molecule has 4 rings (SSSR count). The van der Waals surface area contributed by atoms with E-state index in [2.05, 4.69) is 12.2 Å². The van der Waals surface area contributed by atoms with Crippen molar-refractivity contribution in [1.82, 2.24) is 0 Å². The third kappa shape index (κ3) is 4.57. The molecule has 3 aromatic rings. The minimum absolute atomic E-state index is 0.0156. The van der Waals surface area contributed by atoms with Gasteiger partial charge in [0.05, 0.1) is 32.1 Å². The number of fused-ring (bicyclic) bond motifs is 1. The summed E-state index contributed by atoms with van der Waals surface area (Å²) in [5.41, 5.74) is 3.23. The smallest absolute Gasteiger partial charge is 0.327 e. The van der Waals surface area contributed by atoms with Crippen LogP contribution in [0.25, 0.3) is 0 Å². The molecule has 0 fully saturated rings. The molecule has 0 bridgehead atoms. The van der Waals surface area contributed by atoms with Crippen molar-refractivity contribution >= 4 is 29.0 Å². The second-order valence-corrected chi connectivity index (χ2v) is 8.32. The molecule has 2 atom stereocenters. The predicted octanol–water partition coefficient (Wildman–Crippen LogP) is 6.68. The van der Waals surface area contributed by atoms with Crippen molar-refractivity contribution < 1.29 is 19.0 Å². The molecule has 0 saturated carbocycles. The minimum atomic E-state index is -0.399. The van der Waals surface area contributed by atoms with E-state index in [1.54, 1.807) is 19.1 Å². The van der Waals surface area contributed by atoms with E-state index in [9.17, 15) is 4.79 Å². The lowest BCUT2D eigenvalue weighted by atomic mass is 9.92. The molecule has 6 nitrogen and oxygen atoms in total. The molecule has 0 aliphatic carbocycles. The second kappa shape index (κ2) is 9.63. The molecule has 0 saturated heterocycles. The molecule has 0 aromatic heterocycles. The van der Waals surface area contributed by atoms with Crippen molar-refractivity contribution in [3.63, 3.8) is 0 Å². The van der Waals surface area contributed by atoms with Gasteiger partial charge in [-0.05, 0) is 61.4 Å². The molecule has 0 spiro atoms. The van der Waals surface area contributed by atoms with Crippen molar-refractivity contribution in [2.75, 3.05) is 24.4 Å². The molecule has 2 unspecified atom stereocenters. The van der Waals surface area contributed by atoms with Gasteiger partial charge >= 0.3 is 6.03 Å². The van der Waals surface area contributed by atoms with Gasteiger partial charge in [0.15, 0.2) is 11.5 Å². The van der Waals surface area contributed by atoms with Gasteiger partial charge < -0.3 is 19.5 Å². The van der Waals surface area contributed by atoms with Gasteiger partial charge in [-0.2, -0.15) is 0 Å². The highest BCUT2D eigenvalue weighted by molar-refractivity contribution is 6.30. The summed E-state index contributed by atoms with van der Waals surface area (Å²) in [6.07, 6.45) is 0.872. The van der Waals surface area contributed by atoms with E-state index in [-0.39, 0.29) is 12.1 Å². The largest absolute Gasteiger partial charge is 0.497 e. The molecule has 172 valence electrons. The highest BCUT2D eigenvalue weighted by Gasteiger charge is 2.36. The second-order valence-electron chi connectivity index (χ2n) is 7.88. The predicted molar refractivity (Wildman–Crippen MR) is 131 cm³/mol. The summed E-state index contributed by atoms with van der Waals surface area (Å²) < 4.78 is 17.0. The Bertz CT molecular complexity index is 1130. The first-order valence-corrected chi connectivity index (χ1v) is 11.2. The van der Waals surface area contributed by atoms with Gasteiger partial charge in [0.25, 0.3) is 0 Å². The normalized spacial score (nSPS) is 16.0. The van der Waals surface area contributed by atoms with Crippen LogP contribution >= 0.6 is 11.6 Å². The Hall–Kier alpha value is -3.38. The summed E-state index contributed by atoms with van der Waals surface area (Å²) in [6, 6.07) is 18.1. The lowest BCUT2D eigenvalue weighted by Crippen LogP contribution is -2.43. The summed E-state index contributed by atoms with van der Waals surface area (Å²) in [6.45, 7) is 4.08. The van der Waals surface area contributed by atoms with Crippen LogP contribution in [0, 0.1) is 0 Å². The van der Waals surface area contributed by atoms with E-state index >= 15 is 0 Å². The van der Waals surface area contributed by atoms with Crippen LogP contribution in [0.1, 0.15) is 37.4 Å². The van der Waals surface area contributed by atoms with Crippen LogP contribution in [-0.4, -0.2) is 26.4 Å². The minimum Gasteiger partial charge on any atom is -0.497 e. The number of anilines is 2. The summed E-state index contributed by atoms with van der Waals surface area (Å²) in [5, 5.41) is 3.64. The number of nitrogens with one attached hydrogen (secondary N) is 1. The number of hydrogen-bond acceptors (Lipinski definition) is 4. The molecule has 33 heavy (non-hydrogen) atoms. The molecule has 0 radical (unpaired) electrons. The highest BCUT2D eigenvalue weighted by atomic mass is 35.5. The number of carbonyl (C=O) groups is 1. The van der Waals surface area contributed by atoms with Crippen molar-refractivity contribution in [2.45, 2.75) is 32.4 Å². The number of methoxy groups -OCH3 is 2. The molecule has 1 N–H and O–H groups in total. The first-order valence-electron chi connectivity index (χ1n) is 10.8. The fourth-order valence-electron chi connectivity index (χ4n) is 3.88. The molecular weight excluding hydrogens is 440 g/mol. The number of hydrogen-bond donors (Lipinski definition) is 1. The fraction of sp³-hybridized carbons (Fsp3) is 0.269. The number of amides is 2. The van der Waals surface area contributed by atoms with Gasteiger partial charge in [-0.15, -0.1) is 0 Å². The summed E-state index contributed by atoms with van der Waals surface area (Å²) >= 11 is 6.16. The Labute approximate surface area is 199 Å². The van der Waals surface area contributed by atoms with E-state index in [1.807, 2.05) is 67.6 Å². The Morgan fingerprint density at radius 2 is 1.70 bits per heavy atom. The number of benzene rings is 3. The molecule has 1 heterocycles. The van der Waals surface area contributed by atoms with E-state index < -0.39 is 6.04 Å². The summed E-state index contributed by atoms with van der Waals surface area (Å²) in [7, 11) is 3.21. The van der Waals surface area contributed by atoms with Crippen LogP contribution in [0.15, 0.2) is 60.7 Å². The lowest BCUT2D eigenvalue weighted by molar-refractivity contribution is 0.207. The standard InChI is InChI=1S/C26H27ClN2O4/c1-5-16(2)33-24-14-21-22(15-23(24)32-4)28-26(30)29(19-10-12-20(31-3)13-11-19)25(21)17-6-8-18(27)9-7-17/h6-16,25H,5H2,1-4H3,(H,28,30). The van der Waals surface area contributed by atoms with Crippen molar-refractivity contribution in [1.29, 1.82) is 0 Å². The Kier molecular flexibility index (Phi) is 6.65. The molecule has 2 amide bonds. The summed E-state index contributed by atoms with van der Waals surface area (Å²) in [4.78, 5) is 15.1. The zero-order valence-corrected chi connectivity index (χ0v) is 19.8. The van der Waals surface area contributed by atoms with Crippen LogP contribution in [0.5, 0.6) is 17.2 Å². The maximum Gasteiger partial charge on any atom is 0.327 e. The molecular formula is C26H27ClN2O4. The monoisotopic (exact) mass is 466 g/mol. The SMILES string of the molecule is CCC(C)Oc1cc2c(cc1OC)NC(=O)N(c1ccc(OC)cc1)C2c1ccc(Cl)cc1. The molecule has 3 aromatic carbocycles. The molecule has 1 aliphatic rings. The lowest BCUT2D eigenvalue weighted by Gasteiger charge is -2.38. The van der Waals surface area contributed by atoms with Crippen LogP contribution in [0.4, 0.5) is 16.2 Å². The zero-order chi connectivity index (χ0) is 23.5. The Morgan fingerprint density at radius 3 is 2.30 bits per heavy atom. The van der Waals surface area contributed by atoms with Crippen LogP contribution in [-0.2, 0) is 0 Å². The van der Waals surface area contributed by atoms with Gasteiger partial charge in [-0.25, -0.2) is 4.79 Å². The molecule has 7 heteroatoms. The number of ether oxygens (including phenoxy) is 3. The quantitative estimate of drug-likeness (QED) is 0.422. The fourth-order valence-corrected chi connectivity index (χ4v) is 4.00. The van der Waals surface area contributed by atoms with Gasteiger partial charge in [-0.1, -0.05) is 30.7 Å². The highest BCUT2D eigenvalue weighted by Crippen LogP contribution is 2.45. The average Bonchev–Trinajstić information content (AvgIpc) is 2.83. The van der Waals surface area contributed by atoms with E-state index in [0.717, 1.165) is 23.2 Å². The van der Waals surface area contributed by atoms with Crippen LogP contribution in [0.3, 0.4) is 0 Å². The van der Waals surface area contributed by atoms with Gasteiger partial charge in [0.2, 0.25) is 0 Å². The number of nitrogens with zero attached hydrogens (tertiary/aromatic N) is 1. The number of halogens is 1. The van der Waals surface area contributed by atoms with Crippen molar-refractivity contribution in [3.05, 3.63) is 76.8 Å². The van der Waals surface area contributed by atoms with Crippen LogP contribution in [0.2, 0.25) is 5.02 Å². The number of rotatable bonds is 7. The van der Waals surface area contributed by atoms with Gasteiger partial charge in [-0.3, -0.25) is 4.90 Å². The Balaban J connectivity index is 1.89. The number of urea groups is 1. The van der Waals surface area contributed by atoms with Crippen molar-refractivity contribution in [2.24, 2.45) is 0 Å². The Morgan fingerprint density at radius 1 is 1.00 bits per heavy atom. The first kappa shape index (κ1) is 22.8. The van der Waals surface area contributed by atoms with E-state index in [0.29, 0.717) is 28.0 Å². The average molecular weight is 467 g/mol. The topological polar surface area (TPSA) is 60.0 Å². The van der Waals surface area contributed by atoms with Crippen LogP contribution < -0.4 is 24.4 Å². The third-order valence-electron chi connectivity index (χ3n) is 5.79. The van der Waals surface area contributed by atoms with E-state index in [1.165, 1.54) is 0 Å². The number of carbonyl (C=O) groups excluding carboxylic acids is 1. The van der Waals surface area contributed by atoms with Gasteiger partial charge in [0, 0.05) is 22.3 Å². The third-order valence-corrected chi connectivity index (χ3v) is 6.04. The maximum atomic E-state index is 13.4. The maximum absolute atomic E-state index is 13.4. The van der Waals surface area contributed by atoms with E-state index in [4.69, 9.17) is 25.8 Å². The summed E-state index contributed by atoms with van der Waals surface area (Å²) in [5.74, 6) is 1.92. The van der Waals surface area contributed by atoms with Crippen molar-refractivity contribution in [3.8, 4) is 17.2 Å². The zero-order valence-electron chi connectivity index (χ0n) is 19.1.